The first-order valence-corrected chi connectivity index (χ1v) is 7.47. The zero-order chi connectivity index (χ0) is 13.2. The first kappa shape index (κ1) is 12.5. The van der Waals surface area contributed by atoms with Crippen molar-refractivity contribution in [2.75, 3.05) is 5.73 Å². The highest BCUT2D eigenvalue weighted by Crippen LogP contribution is 2.30. The highest BCUT2D eigenvalue weighted by molar-refractivity contribution is 9.10. The molecular weight excluding hydrogens is 324 g/mol. The Kier molecular flexibility index (Phi) is 3.44. The lowest BCUT2D eigenvalue weighted by Crippen LogP contribution is -1.89. The number of rotatable bonds is 3. The Hall–Kier alpha value is -1.53. The molecule has 0 radical (unpaired) electrons. The third kappa shape index (κ3) is 2.74. The quantitative estimate of drug-likeness (QED) is 0.589. The Bertz CT molecular complexity index is 692. The lowest BCUT2D eigenvalue weighted by atomic mass is 10.3. The summed E-state index contributed by atoms with van der Waals surface area (Å²) < 4.78 is 2.95. The first-order valence-electron chi connectivity index (χ1n) is 5.69. The minimum absolute atomic E-state index is 0.723. The van der Waals surface area contributed by atoms with Gasteiger partial charge in [-0.1, -0.05) is 15.9 Å². The molecule has 0 atom stereocenters. The number of nitrogens with zero attached hydrogens (tertiary/aromatic N) is 3. The third-order valence-corrected chi connectivity index (χ3v) is 4.23. The number of fused-ring (bicyclic) bond motifs is 1. The second kappa shape index (κ2) is 5.22. The number of anilines is 1. The number of halogens is 1. The zero-order valence-electron chi connectivity index (χ0n) is 9.95. The molecule has 3 rings (SSSR count). The molecule has 0 saturated heterocycles. The predicted molar refractivity (Wildman–Crippen MR) is 81.1 cm³/mol. The molecule has 0 spiro atoms. The molecule has 0 saturated carbocycles. The van der Waals surface area contributed by atoms with Gasteiger partial charge in [0.2, 0.25) is 5.78 Å². The van der Waals surface area contributed by atoms with E-state index in [1.165, 1.54) is 0 Å². The van der Waals surface area contributed by atoms with Gasteiger partial charge in [-0.15, -0.1) is 11.8 Å². The molecule has 0 unspecified atom stereocenters. The topological polar surface area (TPSA) is 56.2 Å². The van der Waals surface area contributed by atoms with Crippen molar-refractivity contribution in [3.63, 3.8) is 0 Å². The summed E-state index contributed by atoms with van der Waals surface area (Å²) >= 11 is 5.12. The molecule has 1 aromatic carbocycles. The maximum absolute atomic E-state index is 5.95. The fraction of sp³-hybridized carbons (Fsp3) is 0.0769. The van der Waals surface area contributed by atoms with E-state index in [1.54, 1.807) is 18.0 Å². The number of imidazole rings is 1. The molecule has 2 aromatic heterocycles. The van der Waals surface area contributed by atoms with Gasteiger partial charge in [0.1, 0.15) is 0 Å². The van der Waals surface area contributed by atoms with Gasteiger partial charge in [0.15, 0.2) is 0 Å². The van der Waals surface area contributed by atoms with Crippen molar-refractivity contribution < 1.29 is 0 Å². The van der Waals surface area contributed by atoms with Crippen molar-refractivity contribution in [1.29, 1.82) is 0 Å². The van der Waals surface area contributed by atoms with Gasteiger partial charge in [-0.25, -0.2) is 9.97 Å². The maximum Gasteiger partial charge on any atom is 0.233 e. The van der Waals surface area contributed by atoms with E-state index in [1.807, 2.05) is 41.1 Å². The van der Waals surface area contributed by atoms with Crippen molar-refractivity contribution in [2.45, 2.75) is 10.6 Å². The second-order valence-corrected chi connectivity index (χ2v) is 5.96. The second-order valence-electron chi connectivity index (χ2n) is 4.03. The van der Waals surface area contributed by atoms with Crippen molar-refractivity contribution in [3.05, 3.63) is 53.0 Å². The number of hydrogen-bond donors (Lipinski definition) is 1. The van der Waals surface area contributed by atoms with Crippen LogP contribution in [0.3, 0.4) is 0 Å². The molecule has 0 amide bonds. The van der Waals surface area contributed by atoms with Crippen molar-refractivity contribution >= 4 is 39.2 Å². The molecule has 0 fully saturated rings. The maximum atomic E-state index is 5.95. The number of thioether (sulfide) groups is 1. The molecule has 0 aliphatic carbocycles. The van der Waals surface area contributed by atoms with Crippen LogP contribution in [0, 0.1) is 0 Å². The summed E-state index contributed by atoms with van der Waals surface area (Å²) in [6.45, 7) is 0. The molecule has 6 heteroatoms. The molecule has 2 heterocycles. The van der Waals surface area contributed by atoms with Crippen LogP contribution in [-0.4, -0.2) is 14.4 Å². The standard InChI is InChI=1S/C13H11BrN4S/c14-9-2-3-11(15)12(6-9)19-8-10-7-18-5-1-4-16-13(18)17-10/h1-7H,8,15H2. The summed E-state index contributed by atoms with van der Waals surface area (Å²) in [6.07, 6.45) is 5.67. The largest absolute Gasteiger partial charge is 0.398 e. The Morgan fingerprint density at radius 3 is 3.11 bits per heavy atom. The van der Waals surface area contributed by atoms with Gasteiger partial charge in [-0.3, -0.25) is 4.40 Å². The van der Waals surface area contributed by atoms with Crippen LogP contribution in [0.5, 0.6) is 0 Å². The van der Waals surface area contributed by atoms with Crippen LogP contribution in [-0.2, 0) is 5.75 Å². The molecule has 19 heavy (non-hydrogen) atoms. The van der Waals surface area contributed by atoms with Gasteiger partial charge < -0.3 is 5.73 Å². The number of hydrogen-bond acceptors (Lipinski definition) is 4. The molecule has 96 valence electrons. The fourth-order valence-electron chi connectivity index (χ4n) is 1.73. The Labute approximate surface area is 123 Å². The molecule has 0 aliphatic rings. The van der Waals surface area contributed by atoms with Crippen LogP contribution in [0.4, 0.5) is 5.69 Å². The van der Waals surface area contributed by atoms with Crippen LogP contribution in [0.1, 0.15) is 5.69 Å². The summed E-state index contributed by atoms with van der Waals surface area (Å²) in [5.74, 6) is 1.49. The zero-order valence-corrected chi connectivity index (χ0v) is 12.4. The van der Waals surface area contributed by atoms with Crippen LogP contribution >= 0.6 is 27.7 Å². The van der Waals surface area contributed by atoms with E-state index in [2.05, 4.69) is 25.9 Å². The van der Waals surface area contributed by atoms with Crippen molar-refractivity contribution in [2.24, 2.45) is 0 Å². The highest BCUT2D eigenvalue weighted by atomic mass is 79.9. The third-order valence-electron chi connectivity index (χ3n) is 2.64. The Balaban J connectivity index is 1.80. The van der Waals surface area contributed by atoms with Gasteiger partial charge in [-0.05, 0) is 24.3 Å². The van der Waals surface area contributed by atoms with E-state index < -0.39 is 0 Å². The number of aromatic nitrogens is 3. The van der Waals surface area contributed by atoms with Crippen LogP contribution in [0.2, 0.25) is 0 Å². The van der Waals surface area contributed by atoms with E-state index >= 15 is 0 Å². The minimum atomic E-state index is 0.723. The summed E-state index contributed by atoms with van der Waals surface area (Å²) in [4.78, 5) is 9.71. The normalized spacial score (nSPS) is 11.0. The number of nitrogens with two attached hydrogens (primary N) is 1. The van der Waals surface area contributed by atoms with E-state index in [0.717, 1.165) is 32.3 Å². The molecule has 3 aromatic rings. The van der Waals surface area contributed by atoms with Crippen molar-refractivity contribution in [3.8, 4) is 0 Å². The molecular formula is C13H11BrN4S. The number of nitrogen functional groups attached to an aromatic ring is 1. The Morgan fingerprint density at radius 1 is 1.37 bits per heavy atom. The van der Waals surface area contributed by atoms with Gasteiger partial charge >= 0.3 is 0 Å². The van der Waals surface area contributed by atoms with E-state index in [9.17, 15) is 0 Å². The summed E-state index contributed by atoms with van der Waals surface area (Å²) in [5.41, 5.74) is 7.73. The lowest BCUT2D eigenvalue weighted by molar-refractivity contribution is 1.11. The summed E-state index contributed by atoms with van der Waals surface area (Å²) in [5, 5.41) is 0. The molecule has 4 nitrogen and oxygen atoms in total. The summed E-state index contributed by atoms with van der Waals surface area (Å²) in [7, 11) is 0. The van der Waals surface area contributed by atoms with E-state index in [0.29, 0.717) is 0 Å². The average Bonchev–Trinajstić information content (AvgIpc) is 2.82. The average molecular weight is 335 g/mol. The van der Waals surface area contributed by atoms with Crippen LogP contribution < -0.4 is 5.73 Å². The molecule has 0 aliphatic heterocycles. The van der Waals surface area contributed by atoms with Gasteiger partial charge in [-0.2, -0.15) is 0 Å². The van der Waals surface area contributed by atoms with Gasteiger partial charge in [0.05, 0.1) is 5.69 Å². The molecule has 0 bridgehead atoms. The van der Waals surface area contributed by atoms with Crippen molar-refractivity contribution in [1.82, 2.24) is 14.4 Å². The SMILES string of the molecule is Nc1ccc(Br)cc1SCc1cn2cccnc2n1. The van der Waals surface area contributed by atoms with Crippen LogP contribution in [0.25, 0.3) is 5.78 Å². The van der Waals surface area contributed by atoms with Crippen LogP contribution in [0.15, 0.2) is 52.2 Å². The lowest BCUT2D eigenvalue weighted by Gasteiger charge is -2.04. The fourth-order valence-corrected chi connectivity index (χ4v) is 3.13. The highest BCUT2D eigenvalue weighted by Gasteiger charge is 2.05. The van der Waals surface area contributed by atoms with E-state index in [4.69, 9.17) is 5.73 Å². The van der Waals surface area contributed by atoms with Gasteiger partial charge in [0, 0.05) is 39.4 Å². The Morgan fingerprint density at radius 2 is 2.26 bits per heavy atom. The summed E-state index contributed by atoms with van der Waals surface area (Å²) in [6, 6.07) is 7.75. The number of benzene rings is 1. The first-order chi connectivity index (χ1) is 9.22. The smallest absolute Gasteiger partial charge is 0.233 e. The monoisotopic (exact) mass is 334 g/mol. The molecule has 2 N–H and O–H groups in total. The van der Waals surface area contributed by atoms with Gasteiger partial charge in [0.25, 0.3) is 0 Å². The predicted octanol–water partition coefficient (Wildman–Crippen LogP) is 3.37. The minimum Gasteiger partial charge on any atom is -0.398 e. The van der Waals surface area contributed by atoms with E-state index in [-0.39, 0.29) is 0 Å².